The van der Waals surface area contributed by atoms with Crippen molar-refractivity contribution in [2.75, 3.05) is 19.8 Å². The molecule has 0 heterocycles. The minimum atomic E-state index is -0.755. The van der Waals surface area contributed by atoms with Gasteiger partial charge in [-0.2, -0.15) is 0 Å². The van der Waals surface area contributed by atoms with Crippen LogP contribution in [0.15, 0.2) is 0 Å². The number of esters is 1. The molecular formula is C15H29NO3. The minimum Gasteiger partial charge on any atom is -0.462 e. The molecule has 1 aliphatic carbocycles. The highest BCUT2D eigenvalue weighted by Gasteiger charge is 2.39. The fraction of sp³-hybridized carbons (Fsp3) is 0.933. The SMILES string of the molecule is CCCCOCCOC(=O)C1(N)CCC(CC)CC1. The van der Waals surface area contributed by atoms with Crippen LogP contribution in [0.2, 0.25) is 0 Å². The average molecular weight is 271 g/mol. The molecule has 0 aromatic carbocycles. The standard InChI is InChI=1S/C15H29NO3/c1-3-5-10-18-11-12-19-14(17)15(16)8-6-13(4-2)7-9-15/h13H,3-12,16H2,1-2H3. The number of rotatable bonds is 8. The molecule has 0 unspecified atom stereocenters. The van der Waals surface area contributed by atoms with E-state index in [-0.39, 0.29) is 5.97 Å². The molecule has 2 N–H and O–H groups in total. The van der Waals surface area contributed by atoms with Crippen LogP contribution in [0.3, 0.4) is 0 Å². The van der Waals surface area contributed by atoms with Crippen molar-refractivity contribution in [3.63, 3.8) is 0 Å². The third kappa shape index (κ3) is 5.49. The molecule has 4 nitrogen and oxygen atoms in total. The zero-order valence-electron chi connectivity index (χ0n) is 12.5. The fourth-order valence-corrected chi connectivity index (χ4v) is 2.49. The van der Waals surface area contributed by atoms with Crippen molar-refractivity contribution in [3.8, 4) is 0 Å². The molecule has 0 bridgehead atoms. The van der Waals surface area contributed by atoms with E-state index in [0.29, 0.717) is 13.2 Å². The van der Waals surface area contributed by atoms with Crippen LogP contribution in [-0.2, 0) is 14.3 Å². The van der Waals surface area contributed by atoms with Gasteiger partial charge in [-0.15, -0.1) is 0 Å². The largest absolute Gasteiger partial charge is 0.462 e. The molecule has 0 aromatic rings. The number of hydrogen-bond donors (Lipinski definition) is 1. The molecule has 112 valence electrons. The van der Waals surface area contributed by atoms with Crippen molar-refractivity contribution in [2.24, 2.45) is 11.7 Å². The summed E-state index contributed by atoms with van der Waals surface area (Å²) in [6.07, 6.45) is 6.92. The lowest BCUT2D eigenvalue weighted by Gasteiger charge is -2.34. The van der Waals surface area contributed by atoms with Gasteiger partial charge in [0.1, 0.15) is 12.1 Å². The van der Waals surface area contributed by atoms with E-state index in [1.165, 1.54) is 6.42 Å². The first-order valence-corrected chi connectivity index (χ1v) is 7.66. The summed E-state index contributed by atoms with van der Waals surface area (Å²) in [7, 11) is 0. The molecule has 4 heteroatoms. The highest BCUT2D eigenvalue weighted by atomic mass is 16.6. The van der Waals surface area contributed by atoms with E-state index < -0.39 is 5.54 Å². The predicted octanol–water partition coefficient (Wildman–Crippen LogP) is 2.64. The van der Waals surface area contributed by atoms with Gasteiger partial charge in [-0.25, -0.2) is 0 Å². The van der Waals surface area contributed by atoms with Crippen LogP contribution in [0.1, 0.15) is 58.8 Å². The van der Waals surface area contributed by atoms with Gasteiger partial charge in [0.25, 0.3) is 0 Å². The van der Waals surface area contributed by atoms with Crippen molar-refractivity contribution < 1.29 is 14.3 Å². The van der Waals surface area contributed by atoms with E-state index in [1.807, 2.05) is 0 Å². The van der Waals surface area contributed by atoms with Crippen molar-refractivity contribution >= 4 is 5.97 Å². The minimum absolute atomic E-state index is 0.249. The number of carbonyl (C=O) groups is 1. The highest BCUT2D eigenvalue weighted by Crippen LogP contribution is 2.32. The van der Waals surface area contributed by atoms with E-state index >= 15 is 0 Å². The number of nitrogens with two attached hydrogens (primary N) is 1. The molecule has 1 saturated carbocycles. The Hall–Kier alpha value is -0.610. The van der Waals surface area contributed by atoms with E-state index in [1.54, 1.807) is 0 Å². The summed E-state index contributed by atoms with van der Waals surface area (Å²) in [4.78, 5) is 12.0. The van der Waals surface area contributed by atoms with Crippen LogP contribution in [0, 0.1) is 5.92 Å². The molecule has 0 aromatic heterocycles. The summed E-state index contributed by atoms with van der Waals surface area (Å²) in [5.41, 5.74) is 5.41. The van der Waals surface area contributed by atoms with Crippen LogP contribution >= 0.6 is 0 Å². The first-order valence-electron chi connectivity index (χ1n) is 7.66. The molecule has 0 amide bonds. The summed E-state index contributed by atoms with van der Waals surface area (Å²) in [6.45, 7) is 5.84. The third-order valence-electron chi connectivity index (χ3n) is 4.08. The molecule has 1 aliphatic rings. The van der Waals surface area contributed by atoms with E-state index in [2.05, 4.69) is 13.8 Å². The fourth-order valence-electron chi connectivity index (χ4n) is 2.49. The Morgan fingerprint density at radius 1 is 1.21 bits per heavy atom. The smallest absolute Gasteiger partial charge is 0.326 e. The summed E-state index contributed by atoms with van der Waals surface area (Å²) in [5.74, 6) is 0.475. The van der Waals surface area contributed by atoms with Crippen LogP contribution in [-0.4, -0.2) is 31.3 Å². The van der Waals surface area contributed by atoms with Gasteiger partial charge in [-0.3, -0.25) is 4.79 Å². The summed E-state index contributed by atoms with van der Waals surface area (Å²) in [5, 5.41) is 0. The molecule has 1 rings (SSSR count). The number of ether oxygens (including phenoxy) is 2. The average Bonchev–Trinajstić information content (AvgIpc) is 2.43. The Morgan fingerprint density at radius 3 is 2.47 bits per heavy atom. The monoisotopic (exact) mass is 271 g/mol. The van der Waals surface area contributed by atoms with Crippen LogP contribution in [0.5, 0.6) is 0 Å². The molecule has 0 spiro atoms. The van der Waals surface area contributed by atoms with Crippen LogP contribution < -0.4 is 5.73 Å². The first-order chi connectivity index (χ1) is 9.12. The highest BCUT2D eigenvalue weighted by molar-refractivity contribution is 5.80. The Morgan fingerprint density at radius 2 is 1.89 bits per heavy atom. The van der Waals surface area contributed by atoms with Crippen LogP contribution in [0.25, 0.3) is 0 Å². The maximum atomic E-state index is 12.0. The van der Waals surface area contributed by atoms with Crippen molar-refractivity contribution in [1.82, 2.24) is 0 Å². The number of carbonyl (C=O) groups excluding carboxylic acids is 1. The van der Waals surface area contributed by atoms with Crippen molar-refractivity contribution in [1.29, 1.82) is 0 Å². The van der Waals surface area contributed by atoms with E-state index in [4.69, 9.17) is 15.2 Å². The van der Waals surface area contributed by atoms with Gasteiger partial charge in [-0.05, 0) is 38.0 Å². The molecular weight excluding hydrogens is 242 g/mol. The molecule has 19 heavy (non-hydrogen) atoms. The first kappa shape index (κ1) is 16.4. The van der Waals surface area contributed by atoms with Gasteiger partial charge in [0.2, 0.25) is 0 Å². The van der Waals surface area contributed by atoms with E-state index in [9.17, 15) is 4.79 Å². The van der Waals surface area contributed by atoms with Gasteiger partial charge in [0.15, 0.2) is 0 Å². The molecule has 0 aliphatic heterocycles. The maximum absolute atomic E-state index is 12.0. The second-order valence-electron chi connectivity index (χ2n) is 5.61. The van der Waals surface area contributed by atoms with Crippen LogP contribution in [0.4, 0.5) is 0 Å². The topological polar surface area (TPSA) is 61.5 Å². The van der Waals surface area contributed by atoms with Crippen molar-refractivity contribution in [2.45, 2.75) is 64.3 Å². The lowest BCUT2D eigenvalue weighted by Crippen LogP contribution is -2.51. The molecule has 1 fully saturated rings. The second-order valence-corrected chi connectivity index (χ2v) is 5.61. The molecule has 0 atom stereocenters. The zero-order valence-corrected chi connectivity index (χ0v) is 12.5. The molecule has 0 radical (unpaired) electrons. The summed E-state index contributed by atoms with van der Waals surface area (Å²) in [6, 6.07) is 0. The predicted molar refractivity (Wildman–Crippen MR) is 75.9 cm³/mol. The summed E-state index contributed by atoms with van der Waals surface area (Å²) < 4.78 is 10.6. The number of unbranched alkanes of at least 4 members (excludes halogenated alkanes) is 1. The Bertz CT molecular complexity index is 260. The van der Waals surface area contributed by atoms with Gasteiger partial charge in [-0.1, -0.05) is 26.7 Å². The third-order valence-corrected chi connectivity index (χ3v) is 4.08. The quantitative estimate of drug-likeness (QED) is 0.544. The van der Waals surface area contributed by atoms with Crippen molar-refractivity contribution in [3.05, 3.63) is 0 Å². The second kappa shape index (κ2) is 8.54. The Balaban J connectivity index is 2.18. The Kier molecular flexibility index (Phi) is 7.39. The lowest BCUT2D eigenvalue weighted by molar-refractivity contribution is -0.153. The van der Waals surface area contributed by atoms with Gasteiger partial charge < -0.3 is 15.2 Å². The normalized spacial score (nSPS) is 27.2. The number of hydrogen-bond acceptors (Lipinski definition) is 4. The van der Waals surface area contributed by atoms with Gasteiger partial charge in [0, 0.05) is 6.61 Å². The van der Waals surface area contributed by atoms with Gasteiger partial charge in [0.05, 0.1) is 6.61 Å². The zero-order chi connectivity index (χ0) is 14.1. The maximum Gasteiger partial charge on any atom is 0.326 e. The molecule has 0 saturated heterocycles. The summed E-state index contributed by atoms with van der Waals surface area (Å²) >= 11 is 0. The van der Waals surface area contributed by atoms with E-state index in [0.717, 1.165) is 51.0 Å². The Labute approximate surface area is 117 Å². The van der Waals surface area contributed by atoms with Gasteiger partial charge >= 0.3 is 5.97 Å². The lowest BCUT2D eigenvalue weighted by atomic mass is 9.76.